The van der Waals surface area contributed by atoms with E-state index in [9.17, 15) is 8.42 Å². The fourth-order valence-electron chi connectivity index (χ4n) is 0.454. The fraction of sp³-hybridized carbons (Fsp3) is 0.800. The van der Waals surface area contributed by atoms with Crippen LogP contribution in [-0.2, 0) is 14.6 Å². The molecule has 6 heteroatoms. The number of hydrogen-bond donors (Lipinski definition) is 1. The zero-order chi connectivity index (χ0) is 8.20. The summed E-state index contributed by atoms with van der Waals surface area (Å²) in [5.74, 6) is -0.495. The molecule has 0 aromatic rings. The highest BCUT2D eigenvalue weighted by atomic mass is 35.5. The maximum atomic E-state index is 10.5. The van der Waals surface area contributed by atoms with E-state index >= 15 is 0 Å². The van der Waals surface area contributed by atoms with Gasteiger partial charge in [0.05, 0.1) is 6.61 Å². The van der Waals surface area contributed by atoms with Crippen LogP contribution in [0.1, 0.15) is 6.92 Å². The van der Waals surface area contributed by atoms with E-state index in [1.54, 1.807) is 6.92 Å². The standard InChI is InChI=1S/C5H11NO3S.ClH/c1-3-9-5(6)4-10(2,7)8;/h6H,3-4H2,1-2H3;1H. The second kappa shape index (κ2) is 5.37. The molecule has 0 aromatic carbocycles. The summed E-state index contributed by atoms with van der Waals surface area (Å²) in [7, 11) is -3.10. The molecule has 0 unspecified atom stereocenters. The first-order chi connectivity index (χ1) is 4.45. The van der Waals surface area contributed by atoms with Crippen LogP contribution >= 0.6 is 12.4 Å². The fourth-order valence-corrected chi connectivity index (χ4v) is 1.01. The predicted octanol–water partition coefficient (Wildman–Crippen LogP) is 0.467. The third kappa shape index (κ3) is 9.71. The number of halogens is 1. The summed E-state index contributed by atoms with van der Waals surface area (Å²) in [6.07, 6.45) is 1.07. The van der Waals surface area contributed by atoms with Gasteiger partial charge in [0, 0.05) is 6.26 Å². The molecule has 0 saturated carbocycles. The second-order valence-electron chi connectivity index (χ2n) is 1.93. The van der Waals surface area contributed by atoms with Crippen molar-refractivity contribution in [2.75, 3.05) is 18.6 Å². The van der Waals surface area contributed by atoms with Crippen molar-refractivity contribution in [1.29, 1.82) is 5.41 Å². The number of sulfone groups is 1. The van der Waals surface area contributed by atoms with Gasteiger partial charge in [-0.3, -0.25) is 5.41 Å². The first kappa shape index (κ1) is 13.3. The van der Waals surface area contributed by atoms with Crippen LogP contribution in [0.4, 0.5) is 0 Å². The minimum atomic E-state index is -3.10. The zero-order valence-corrected chi connectivity index (χ0v) is 8.09. The summed E-state index contributed by atoms with van der Waals surface area (Å²) in [5, 5.41) is 6.94. The summed E-state index contributed by atoms with van der Waals surface area (Å²) in [5.41, 5.74) is 0. The average molecular weight is 202 g/mol. The van der Waals surface area contributed by atoms with E-state index in [0.717, 1.165) is 6.26 Å². The lowest BCUT2D eigenvalue weighted by Gasteiger charge is -2.01. The number of nitrogens with one attached hydrogen (secondary N) is 1. The van der Waals surface area contributed by atoms with Crippen molar-refractivity contribution in [3.8, 4) is 0 Å². The van der Waals surface area contributed by atoms with Gasteiger partial charge in [0.15, 0.2) is 15.7 Å². The van der Waals surface area contributed by atoms with Crippen molar-refractivity contribution < 1.29 is 13.2 Å². The SMILES string of the molecule is CCOC(=N)CS(C)(=O)=O.Cl. The van der Waals surface area contributed by atoms with Crippen LogP contribution in [-0.4, -0.2) is 32.9 Å². The molecule has 4 nitrogen and oxygen atoms in total. The number of hydrogen-bond acceptors (Lipinski definition) is 4. The summed E-state index contributed by atoms with van der Waals surface area (Å²) in [6.45, 7) is 2.05. The third-order valence-corrected chi connectivity index (χ3v) is 1.50. The Labute approximate surface area is 72.8 Å². The molecule has 68 valence electrons. The predicted molar refractivity (Wildman–Crippen MR) is 46.3 cm³/mol. The molecule has 0 radical (unpaired) electrons. The smallest absolute Gasteiger partial charge is 0.195 e. The van der Waals surface area contributed by atoms with E-state index in [1.165, 1.54) is 0 Å². The summed E-state index contributed by atoms with van der Waals surface area (Å²) < 4.78 is 25.6. The van der Waals surface area contributed by atoms with Gasteiger partial charge in [0.25, 0.3) is 0 Å². The summed E-state index contributed by atoms with van der Waals surface area (Å²) in [6, 6.07) is 0. The molecule has 0 bridgehead atoms. The van der Waals surface area contributed by atoms with Crippen LogP contribution in [0.3, 0.4) is 0 Å². The van der Waals surface area contributed by atoms with Crippen molar-refractivity contribution in [3.63, 3.8) is 0 Å². The molecule has 0 amide bonds. The average Bonchev–Trinajstić information content (AvgIpc) is 1.59. The lowest BCUT2D eigenvalue weighted by atomic mass is 10.7. The number of rotatable bonds is 3. The first-order valence-corrected chi connectivity index (χ1v) is 4.89. The van der Waals surface area contributed by atoms with E-state index in [4.69, 9.17) is 5.41 Å². The van der Waals surface area contributed by atoms with E-state index in [1.807, 2.05) is 0 Å². The molecule has 0 rings (SSSR count). The van der Waals surface area contributed by atoms with Gasteiger partial charge in [0.1, 0.15) is 5.75 Å². The van der Waals surface area contributed by atoms with E-state index in [-0.39, 0.29) is 24.1 Å². The molecule has 0 aliphatic rings. The van der Waals surface area contributed by atoms with Crippen molar-refractivity contribution >= 4 is 28.1 Å². The van der Waals surface area contributed by atoms with Gasteiger partial charge in [-0.1, -0.05) is 0 Å². The third-order valence-electron chi connectivity index (χ3n) is 0.712. The van der Waals surface area contributed by atoms with Crippen molar-refractivity contribution in [2.45, 2.75) is 6.92 Å². The van der Waals surface area contributed by atoms with Crippen LogP contribution in [0.25, 0.3) is 0 Å². The normalized spacial score (nSPS) is 10.0. The Morgan fingerprint density at radius 3 is 2.27 bits per heavy atom. The molecule has 0 heterocycles. The largest absolute Gasteiger partial charge is 0.481 e. The highest BCUT2D eigenvalue weighted by molar-refractivity contribution is 7.91. The van der Waals surface area contributed by atoms with Gasteiger partial charge in [-0.25, -0.2) is 8.42 Å². The van der Waals surface area contributed by atoms with Crippen LogP contribution in [0.5, 0.6) is 0 Å². The van der Waals surface area contributed by atoms with Crippen LogP contribution in [0.2, 0.25) is 0 Å². The van der Waals surface area contributed by atoms with E-state index in [2.05, 4.69) is 4.74 Å². The van der Waals surface area contributed by atoms with Crippen molar-refractivity contribution in [3.05, 3.63) is 0 Å². The Hall–Kier alpha value is -0.290. The molecule has 11 heavy (non-hydrogen) atoms. The Kier molecular flexibility index (Phi) is 6.50. The Morgan fingerprint density at radius 1 is 1.55 bits per heavy atom. The lowest BCUT2D eigenvalue weighted by molar-refractivity contribution is 0.322. The minimum absolute atomic E-state index is 0. The monoisotopic (exact) mass is 201 g/mol. The molecule has 0 fully saturated rings. The Bertz CT molecular complexity index is 212. The lowest BCUT2D eigenvalue weighted by Crippen LogP contribution is -2.16. The van der Waals surface area contributed by atoms with Gasteiger partial charge < -0.3 is 4.74 Å². The maximum absolute atomic E-state index is 10.5. The van der Waals surface area contributed by atoms with Gasteiger partial charge in [-0.15, -0.1) is 12.4 Å². The topological polar surface area (TPSA) is 67.2 Å². The second-order valence-corrected chi connectivity index (χ2v) is 4.07. The van der Waals surface area contributed by atoms with Crippen molar-refractivity contribution in [1.82, 2.24) is 0 Å². The van der Waals surface area contributed by atoms with Gasteiger partial charge in [0.2, 0.25) is 0 Å². The summed E-state index contributed by atoms with van der Waals surface area (Å²) in [4.78, 5) is 0. The van der Waals surface area contributed by atoms with Crippen LogP contribution in [0.15, 0.2) is 0 Å². The van der Waals surface area contributed by atoms with Gasteiger partial charge in [-0.05, 0) is 6.92 Å². The first-order valence-electron chi connectivity index (χ1n) is 2.83. The molecule has 0 spiro atoms. The molecular formula is C5H12ClNO3S. The Morgan fingerprint density at radius 2 is 2.00 bits per heavy atom. The number of ether oxygens (including phenoxy) is 1. The molecular weight excluding hydrogens is 190 g/mol. The Balaban J connectivity index is 0. The quantitative estimate of drug-likeness (QED) is 0.533. The zero-order valence-electron chi connectivity index (χ0n) is 6.46. The molecule has 0 atom stereocenters. The van der Waals surface area contributed by atoms with E-state index < -0.39 is 9.84 Å². The molecule has 0 aliphatic carbocycles. The van der Waals surface area contributed by atoms with Gasteiger partial charge in [-0.2, -0.15) is 0 Å². The minimum Gasteiger partial charge on any atom is -0.481 e. The van der Waals surface area contributed by atoms with Crippen LogP contribution in [0, 0.1) is 5.41 Å². The molecule has 0 aromatic heterocycles. The molecule has 1 N–H and O–H groups in total. The van der Waals surface area contributed by atoms with E-state index in [0.29, 0.717) is 6.61 Å². The highest BCUT2D eigenvalue weighted by Gasteiger charge is 2.06. The molecule has 0 saturated heterocycles. The maximum Gasteiger partial charge on any atom is 0.195 e. The molecule has 0 aliphatic heterocycles. The van der Waals surface area contributed by atoms with Crippen LogP contribution < -0.4 is 0 Å². The highest BCUT2D eigenvalue weighted by Crippen LogP contribution is 1.86. The van der Waals surface area contributed by atoms with Gasteiger partial charge >= 0.3 is 0 Å². The summed E-state index contributed by atoms with van der Waals surface area (Å²) >= 11 is 0. The van der Waals surface area contributed by atoms with Crippen molar-refractivity contribution in [2.24, 2.45) is 0 Å².